The molecule has 2 aromatic carbocycles. The molecular weight excluding hydrogens is 306 g/mol. The minimum atomic E-state index is -0.290. The summed E-state index contributed by atoms with van der Waals surface area (Å²) < 4.78 is 10.9. The van der Waals surface area contributed by atoms with Crippen LogP contribution in [0.4, 0.5) is 5.69 Å². The van der Waals surface area contributed by atoms with Crippen LogP contribution in [0.25, 0.3) is 0 Å². The lowest BCUT2D eigenvalue weighted by molar-refractivity contribution is -0.118. The van der Waals surface area contributed by atoms with Crippen LogP contribution in [0.1, 0.15) is 30.6 Å². The summed E-state index contributed by atoms with van der Waals surface area (Å²) in [6.07, 6.45) is 0.948. The third kappa shape index (κ3) is 5.43. The van der Waals surface area contributed by atoms with Gasteiger partial charge in [0.1, 0.15) is 11.5 Å². The van der Waals surface area contributed by atoms with Crippen molar-refractivity contribution in [3.63, 3.8) is 0 Å². The maximum absolute atomic E-state index is 11.9. The predicted molar refractivity (Wildman–Crippen MR) is 92.8 cm³/mol. The van der Waals surface area contributed by atoms with Crippen LogP contribution in [-0.4, -0.2) is 24.9 Å². The van der Waals surface area contributed by atoms with E-state index in [1.165, 1.54) is 6.92 Å². The van der Waals surface area contributed by atoms with Crippen molar-refractivity contribution in [2.24, 2.45) is 0 Å². The molecule has 0 bridgehead atoms. The molecule has 0 aliphatic heterocycles. The van der Waals surface area contributed by atoms with Crippen LogP contribution in [-0.2, 0) is 4.79 Å². The van der Waals surface area contributed by atoms with Crippen molar-refractivity contribution < 1.29 is 19.1 Å². The zero-order valence-electron chi connectivity index (χ0n) is 13.9. The number of benzene rings is 2. The number of hydrogen-bond acceptors (Lipinski definition) is 4. The van der Waals surface area contributed by atoms with Crippen molar-refractivity contribution in [3.8, 4) is 11.5 Å². The second-order valence-corrected chi connectivity index (χ2v) is 5.29. The van der Waals surface area contributed by atoms with Gasteiger partial charge in [-0.25, -0.2) is 0 Å². The van der Waals surface area contributed by atoms with Gasteiger partial charge in [-0.2, -0.15) is 0 Å². The number of Topliss-reactive ketones (excluding diaryl/α,β-unsaturated/α-hetero) is 1. The van der Waals surface area contributed by atoms with Crippen molar-refractivity contribution in [3.05, 3.63) is 54.1 Å². The first-order valence-corrected chi connectivity index (χ1v) is 7.85. The second kappa shape index (κ2) is 8.72. The average molecular weight is 327 g/mol. The van der Waals surface area contributed by atoms with Gasteiger partial charge in [-0.1, -0.05) is 19.1 Å². The third-order valence-electron chi connectivity index (χ3n) is 3.22. The molecule has 0 aromatic heterocycles. The molecule has 0 fully saturated rings. The van der Waals surface area contributed by atoms with E-state index in [-0.39, 0.29) is 18.3 Å². The summed E-state index contributed by atoms with van der Waals surface area (Å²) in [4.78, 5) is 23.3. The van der Waals surface area contributed by atoms with Crippen molar-refractivity contribution in [2.45, 2.75) is 20.3 Å². The molecule has 2 rings (SSSR count). The Hall–Kier alpha value is -2.82. The van der Waals surface area contributed by atoms with Gasteiger partial charge in [-0.05, 0) is 49.7 Å². The standard InChI is InChI=1S/C19H21NO4/c1-3-11-23-17-7-9-18(10-8-17)24-13-19(22)20-16-6-4-5-15(12-16)14(2)21/h4-10,12H,3,11,13H2,1-2H3,(H,20,22). The monoisotopic (exact) mass is 327 g/mol. The van der Waals surface area contributed by atoms with Crippen LogP contribution in [0.3, 0.4) is 0 Å². The van der Waals surface area contributed by atoms with Crippen LogP contribution in [0.2, 0.25) is 0 Å². The lowest BCUT2D eigenvalue weighted by atomic mass is 10.1. The Morgan fingerprint density at radius 1 is 1.00 bits per heavy atom. The Morgan fingerprint density at radius 3 is 2.29 bits per heavy atom. The van der Waals surface area contributed by atoms with E-state index < -0.39 is 0 Å². The first-order valence-electron chi connectivity index (χ1n) is 7.85. The first kappa shape index (κ1) is 17.5. The van der Waals surface area contributed by atoms with Gasteiger partial charge in [-0.3, -0.25) is 9.59 Å². The fourth-order valence-electron chi connectivity index (χ4n) is 2.01. The molecule has 5 heteroatoms. The number of carbonyl (C=O) groups is 2. The molecule has 5 nitrogen and oxygen atoms in total. The molecule has 0 aliphatic carbocycles. The van der Waals surface area contributed by atoms with Crippen LogP contribution in [0.5, 0.6) is 11.5 Å². The van der Waals surface area contributed by atoms with E-state index >= 15 is 0 Å². The van der Waals surface area contributed by atoms with Crippen molar-refractivity contribution >= 4 is 17.4 Å². The zero-order valence-corrected chi connectivity index (χ0v) is 13.9. The number of rotatable bonds is 8. The van der Waals surface area contributed by atoms with Crippen LogP contribution < -0.4 is 14.8 Å². The minimum Gasteiger partial charge on any atom is -0.494 e. The van der Waals surface area contributed by atoms with E-state index in [0.717, 1.165) is 12.2 Å². The van der Waals surface area contributed by atoms with Gasteiger partial charge in [0, 0.05) is 11.3 Å². The summed E-state index contributed by atoms with van der Waals surface area (Å²) in [7, 11) is 0. The Bertz CT molecular complexity index is 695. The van der Waals surface area contributed by atoms with Gasteiger partial charge < -0.3 is 14.8 Å². The number of anilines is 1. The van der Waals surface area contributed by atoms with Crippen LogP contribution in [0, 0.1) is 0 Å². The number of amides is 1. The highest BCUT2D eigenvalue weighted by molar-refractivity contribution is 5.97. The molecule has 2 aromatic rings. The summed E-state index contributed by atoms with van der Waals surface area (Å²) in [5, 5.41) is 2.71. The summed E-state index contributed by atoms with van der Waals surface area (Å²) in [5.74, 6) is 1.02. The fourth-order valence-corrected chi connectivity index (χ4v) is 2.01. The molecule has 24 heavy (non-hydrogen) atoms. The number of nitrogens with one attached hydrogen (secondary N) is 1. The summed E-state index contributed by atoms with van der Waals surface area (Å²) in [5.41, 5.74) is 1.12. The van der Waals surface area contributed by atoms with E-state index in [0.29, 0.717) is 23.6 Å². The van der Waals surface area contributed by atoms with Gasteiger partial charge in [-0.15, -0.1) is 0 Å². The molecule has 1 amide bonds. The predicted octanol–water partition coefficient (Wildman–Crippen LogP) is 3.70. The number of ketones is 1. The van der Waals surface area contributed by atoms with Gasteiger partial charge in [0.25, 0.3) is 5.91 Å². The average Bonchev–Trinajstić information content (AvgIpc) is 2.59. The molecule has 0 radical (unpaired) electrons. The maximum Gasteiger partial charge on any atom is 0.262 e. The molecule has 126 valence electrons. The zero-order chi connectivity index (χ0) is 17.4. The Labute approximate surface area is 141 Å². The van der Waals surface area contributed by atoms with E-state index in [9.17, 15) is 9.59 Å². The first-order chi connectivity index (χ1) is 11.6. The lowest BCUT2D eigenvalue weighted by Gasteiger charge is -2.09. The molecule has 0 spiro atoms. The Balaban J connectivity index is 1.84. The molecule has 0 atom stereocenters. The summed E-state index contributed by atoms with van der Waals surface area (Å²) in [6.45, 7) is 4.08. The van der Waals surface area contributed by atoms with Gasteiger partial charge in [0.05, 0.1) is 6.61 Å². The third-order valence-corrected chi connectivity index (χ3v) is 3.22. The molecule has 0 saturated heterocycles. The van der Waals surface area contributed by atoms with Crippen molar-refractivity contribution in [1.29, 1.82) is 0 Å². The summed E-state index contributed by atoms with van der Waals surface area (Å²) >= 11 is 0. The Morgan fingerprint density at radius 2 is 1.67 bits per heavy atom. The highest BCUT2D eigenvalue weighted by atomic mass is 16.5. The highest BCUT2D eigenvalue weighted by Crippen LogP contribution is 2.18. The Kier molecular flexibility index (Phi) is 6.37. The molecule has 0 aliphatic rings. The van der Waals surface area contributed by atoms with E-state index in [2.05, 4.69) is 5.32 Å². The minimum absolute atomic E-state index is 0.0484. The van der Waals surface area contributed by atoms with E-state index in [1.807, 2.05) is 6.92 Å². The summed E-state index contributed by atoms with van der Waals surface area (Å²) in [6, 6.07) is 13.9. The number of ether oxygens (including phenoxy) is 2. The van der Waals surface area contributed by atoms with Gasteiger partial charge in [0.15, 0.2) is 12.4 Å². The topological polar surface area (TPSA) is 64.6 Å². The van der Waals surface area contributed by atoms with Crippen LogP contribution in [0.15, 0.2) is 48.5 Å². The highest BCUT2D eigenvalue weighted by Gasteiger charge is 2.06. The molecule has 0 saturated carbocycles. The molecule has 0 unspecified atom stereocenters. The number of carbonyl (C=O) groups excluding carboxylic acids is 2. The lowest BCUT2D eigenvalue weighted by Crippen LogP contribution is -2.20. The second-order valence-electron chi connectivity index (χ2n) is 5.29. The van der Waals surface area contributed by atoms with Crippen molar-refractivity contribution in [2.75, 3.05) is 18.5 Å². The molecular formula is C19H21NO4. The van der Waals surface area contributed by atoms with Crippen molar-refractivity contribution in [1.82, 2.24) is 0 Å². The normalized spacial score (nSPS) is 10.1. The van der Waals surface area contributed by atoms with E-state index in [4.69, 9.17) is 9.47 Å². The number of hydrogen-bond donors (Lipinski definition) is 1. The fraction of sp³-hybridized carbons (Fsp3) is 0.263. The van der Waals surface area contributed by atoms with Gasteiger partial charge >= 0.3 is 0 Å². The van der Waals surface area contributed by atoms with Crippen LogP contribution >= 0.6 is 0 Å². The molecule has 0 heterocycles. The molecule has 1 N–H and O–H groups in total. The SMILES string of the molecule is CCCOc1ccc(OCC(=O)Nc2cccc(C(C)=O)c2)cc1. The van der Waals surface area contributed by atoms with Gasteiger partial charge in [0.2, 0.25) is 0 Å². The largest absolute Gasteiger partial charge is 0.494 e. The van der Waals surface area contributed by atoms with E-state index in [1.54, 1.807) is 48.5 Å². The quantitative estimate of drug-likeness (QED) is 0.751. The smallest absolute Gasteiger partial charge is 0.262 e. The maximum atomic E-state index is 11.9.